The van der Waals surface area contributed by atoms with E-state index in [-0.39, 0.29) is 24.7 Å². The van der Waals surface area contributed by atoms with Crippen LogP contribution in [0.25, 0.3) is 0 Å². The first-order chi connectivity index (χ1) is 10.4. The number of para-hydroxylation sites is 1. The number of rotatable bonds is 5. The molecule has 0 radical (unpaired) electrons. The van der Waals surface area contributed by atoms with Gasteiger partial charge in [-0.2, -0.15) is 0 Å². The van der Waals surface area contributed by atoms with Gasteiger partial charge in [-0.1, -0.05) is 18.2 Å². The third kappa shape index (κ3) is 4.45. The number of anilines is 1. The maximum Gasteiger partial charge on any atom is 0.315 e. The lowest BCUT2D eigenvalue weighted by Gasteiger charge is -2.17. The van der Waals surface area contributed by atoms with Crippen molar-refractivity contribution >= 4 is 27.5 Å². The molecule has 0 saturated carbocycles. The molecule has 0 fully saturated rings. The van der Waals surface area contributed by atoms with Crippen molar-refractivity contribution in [2.24, 2.45) is 0 Å². The van der Waals surface area contributed by atoms with Gasteiger partial charge in [-0.3, -0.25) is 4.79 Å². The first kappa shape index (κ1) is 16.3. The van der Waals surface area contributed by atoms with E-state index in [0.717, 1.165) is 23.9 Å². The van der Waals surface area contributed by atoms with Crippen LogP contribution in [0.15, 0.2) is 24.3 Å². The maximum absolute atomic E-state index is 12.1. The highest BCUT2D eigenvalue weighted by Crippen LogP contribution is 2.27. The predicted molar refractivity (Wildman–Crippen MR) is 83.6 cm³/mol. The topological polar surface area (TPSA) is 95.6 Å². The second kappa shape index (κ2) is 6.78. The standard InChI is InChI=1S/C14H19N3O4S/c1-22(20,21)9-7-15-14(19)16-10-13(18)17-8-6-11-4-2-3-5-12(11)17/h2-5H,6-10H2,1H3,(H2,15,16,19). The Bertz CT molecular complexity index is 672. The first-order valence-electron chi connectivity index (χ1n) is 6.94. The van der Waals surface area contributed by atoms with E-state index in [9.17, 15) is 18.0 Å². The van der Waals surface area contributed by atoms with Gasteiger partial charge in [0.15, 0.2) is 0 Å². The zero-order valence-electron chi connectivity index (χ0n) is 12.3. The average Bonchev–Trinajstić information content (AvgIpc) is 2.87. The van der Waals surface area contributed by atoms with Crippen molar-refractivity contribution in [3.63, 3.8) is 0 Å². The van der Waals surface area contributed by atoms with Gasteiger partial charge in [0.05, 0.1) is 12.3 Å². The largest absolute Gasteiger partial charge is 0.337 e. The average molecular weight is 325 g/mol. The van der Waals surface area contributed by atoms with Crippen LogP contribution in [0.2, 0.25) is 0 Å². The molecule has 8 heteroatoms. The molecule has 0 aliphatic carbocycles. The highest BCUT2D eigenvalue weighted by Gasteiger charge is 2.23. The normalized spacial score (nSPS) is 13.6. The molecule has 0 bridgehead atoms. The zero-order valence-corrected chi connectivity index (χ0v) is 13.1. The van der Waals surface area contributed by atoms with Gasteiger partial charge >= 0.3 is 6.03 Å². The summed E-state index contributed by atoms with van der Waals surface area (Å²) in [7, 11) is -3.12. The molecule has 1 aromatic carbocycles. The number of carbonyl (C=O) groups is 2. The molecule has 120 valence electrons. The van der Waals surface area contributed by atoms with Crippen molar-refractivity contribution in [1.82, 2.24) is 10.6 Å². The summed E-state index contributed by atoms with van der Waals surface area (Å²) in [4.78, 5) is 25.3. The van der Waals surface area contributed by atoms with Crippen LogP contribution in [-0.2, 0) is 21.1 Å². The van der Waals surface area contributed by atoms with Crippen LogP contribution in [0.1, 0.15) is 5.56 Å². The SMILES string of the molecule is CS(=O)(=O)CCNC(=O)NCC(=O)N1CCc2ccccc21. The lowest BCUT2D eigenvalue weighted by molar-refractivity contribution is -0.117. The summed E-state index contributed by atoms with van der Waals surface area (Å²) < 4.78 is 21.9. The van der Waals surface area contributed by atoms with E-state index in [1.54, 1.807) is 4.90 Å². The fourth-order valence-electron chi connectivity index (χ4n) is 2.26. The lowest BCUT2D eigenvalue weighted by atomic mass is 10.2. The van der Waals surface area contributed by atoms with E-state index in [2.05, 4.69) is 10.6 Å². The molecule has 0 spiro atoms. The fraction of sp³-hybridized carbons (Fsp3) is 0.429. The Morgan fingerprint density at radius 3 is 2.68 bits per heavy atom. The van der Waals surface area contributed by atoms with E-state index < -0.39 is 15.9 Å². The summed E-state index contributed by atoms with van der Waals surface area (Å²) >= 11 is 0. The monoisotopic (exact) mass is 325 g/mol. The first-order valence-corrected chi connectivity index (χ1v) is 9.00. The molecule has 0 unspecified atom stereocenters. The van der Waals surface area contributed by atoms with Crippen LogP contribution in [0.3, 0.4) is 0 Å². The summed E-state index contributed by atoms with van der Waals surface area (Å²) in [6.45, 7) is 0.500. The highest BCUT2D eigenvalue weighted by molar-refractivity contribution is 7.90. The number of hydrogen-bond acceptors (Lipinski definition) is 4. The molecule has 1 aromatic rings. The molecule has 2 N–H and O–H groups in total. The summed E-state index contributed by atoms with van der Waals surface area (Å²) in [6.07, 6.45) is 1.91. The van der Waals surface area contributed by atoms with Crippen LogP contribution < -0.4 is 15.5 Å². The van der Waals surface area contributed by atoms with Gasteiger partial charge in [0.25, 0.3) is 0 Å². The number of urea groups is 1. The molecule has 7 nitrogen and oxygen atoms in total. The molecule has 22 heavy (non-hydrogen) atoms. The van der Waals surface area contributed by atoms with Crippen LogP contribution in [0.5, 0.6) is 0 Å². The van der Waals surface area contributed by atoms with Crippen molar-refractivity contribution < 1.29 is 18.0 Å². The van der Waals surface area contributed by atoms with E-state index in [0.29, 0.717) is 6.54 Å². The van der Waals surface area contributed by atoms with Crippen LogP contribution in [0, 0.1) is 0 Å². The number of nitrogens with zero attached hydrogens (tertiary/aromatic N) is 1. The quantitative estimate of drug-likeness (QED) is 0.791. The number of benzene rings is 1. The van der Waals surface area contributed by atoms with Gasteiger partial charge in [0.1, 0.15) is 9.84 Å². The predicted octanol–water partition coefficient (Wildman–Crippen LogP) is -0.0805. The Morgan fingerprint density at radius 1 is 1.23 bits per heavy atom. The van der Waals surface area contributed by atoms with Crippen molar-refractivity contribution in [2.45, 2.75) is 6.42 Å². The molecule has 0 atom stereocenters. The van der Waals surface area contributed by atoms with Crippen molar-refractivity contribution in [1.29, 1.82) is 0 Å². The number of sulfone groups is 1. The minimum atomic E-state index is -3.12. The number of hydrogen-bond donors (Lipinski definition) is 2. The van der Waals surface area contributed by atoms with Crippen LogP contribution in [0.4, 0.5) is 10.5 Å². The molecule has 0 saturated heterocycles. The number of amides is 3. The summed E-state index contributed by atoms with van der Waals surface area (Å²) in [5, 5.41) is 4.84. The Labute approximate surface area is 129 Å². The fourth-order valence-corrected chi connectivity index (χ4v) is 2.73. The Morgan fingerprint density at radius 2 is 1.95 bits per heavy atom. The second-order valence-electron chi connectivity index (χ2n) is 5.16. The number of nitrogens with one attached hydrogen (secondary N) is 2. The van der Waals surface area contributed by atoms with Crippen molar-refractivity contribution in [3.8, 4) is 0 Å². The third-order valence-electron chi connectivity index (χ3n) is 3.35. The zero-order chi connectivity index (χ0) is 16.2. The molecular weight excluding hydrogens is 306 g/mol. The van der Waals surface area contributed by atoms with Gasteiger partial charge in [-0.25, -0.2) is 13.2 Å². The molecule has 3 amide bonds. The lowest BCUT2D eigenvalue weighted by Crippen LogP contribution is -2.44. The van der Waals surface area contributed by atoms with Crippen LogP contribution >= 0.6 is 0 Å². The summed E-state index contributed by atoms with van der Waals surface area (Å²) in [5.74, 6) is -0.323. The van der Waals surface area contributed by atoms with E-state index in [1.807, 2.05) is 24.3 Å². The Balaban J connectivity index is 1.78. The molecule has 1 heterocycles. The molecule has 1 aliphatic rings. The summed E-state index contributed by atoms with van der Waals surface area (Å²) in [6, 6.07) is 7.11. The number of fused-ring (bicyclic) bond motifs is 1. The summed E-state index contributed by atoms with van der Waals surface area (Å²) in [5.41, 5.74) is 2.00. The Hall–Kier alpha value is -2.09. The van der Waals surface area contributed by atoms with Crippen LogP contribution in [-0.4, -0.2) is 52.0 Å². The smallest absolute Gasteiger partial charge is 0.315 e. The molecular formula is C14H19N3O4S. The minimum absolute atomic E-state index is 0.0193. The number of carbonyl (C=O) groups excluding carboxylic acids is 2. The van der Waals surface area contributed by atoms with Crippen molar-refractivity contribution in [2.75, 3.05) is 36.5 Å². The van der Waals surface area contributed by atoms with Gasteiger partial charge in [-0.05, 0) is 18.1 Å². The van der Waals surface area contributed by atoms with E-state index in [4.69, 9.17) is 0 Å². The molecule has 1 aliphatic heterocycles. The maximum atomic E-state index is 12.1. The Kier molecular flexibility index (Phi) is 5.02. The third-order valence-corrected chi connectivity index (χ3v) is 4.29. The molecule has 0 aromatic heterocycles. The van der Waals surface area contributed by atoms with Gasteiger partial charge in [0, 0.05) is 25.0 Å². The highest BCUT2D eigenvalue weighted by atomic mass is 32.2. The van der Waals surface area contributed by atoms with Crippen molar-refractivity contribution in [3.05, 3.63) is 29.8 Å². The second-order valence-corrected chi connectivity index (χ2v) is 7.42. The molecule has 2 rings (SSSR count). The van der Waals surface area contributed by atoms with Gasteiger partial charge < -0.3 is 15.5 Å². The van der Waals surface area contributed by atoms with Gasteiger partial charge in [-0.15, -0.1) is 0 Å². The van der Waals surface area contributed by atoms with E-state index in [1.165, 1.54) is 0 Å². The van der Waals surface area contributed by atoms with E-state index >= 15 is 0 Å². The van der Waals surface area contributed by atoms with Gasteiger partial charge in [0.2, 0.25) is 5.91 Å². The minimum Gasteiger partial charge on any atom is -0.337 e.